The van der Waals surface area contributed by atoms with Crippen molar-refractivity contribution in [2.45, 2.75) is 11.4 Å². The normalized spacial score (nSPS) is 18.5. The second-order valence-corrected chi connectivity index (χ2v) is 7.19. The zero-order valence-electron chi connectivity index (χ0n) is 13.4. The lowest BCUT2D eigenvalue weighted by atomic mass is 10.2. The van der Waals surface area contributed by atoms with Crippen molar-refractivity contribution in [2.24, 2.45) is 5.92 Å². The van der Waals surface area contributed by atoms with Gasteiger partial charge in [-0.1, -0.05) is 0 Å². The quantitative estimate of drug-likeness (QED) is 0.538. The molecule has 1 atom stereocenters. The molecule has 5 nitrogen and oxygen atoms in total. The standard InChI is InChI=1S/C17H18FN5S/c1-22-7-6-12(9-22)10-24-17-15-8-21-23(16(15)19-11-20-17)14-4-2-13(18)3-5-14/h2-5,8,11-12H,6-7,9-10H2,1H3. The molecule has 1 saturated heterocycles. The Labute approximate surface area is 143 Å². The van der Waals surface area contributed by atoms with E-state index in [-0.39, 0.29) is 5.82 Å². The molecule has 0 N–H and O–H groups in total. The molecule has 0 aliphatic carbocycles. The maximum atomic E-state index is 13.1. The van der Waals surface area contributed by atoms with Gasteiger partial charge in [0.1, 0.15) is 17.2 Å². The minimum Gasteiger partial charge on any atom is -0.306 e. The Kier molecular flexibility index (Phi) is 4.20. The summed E-state index contributed by atoms with van der Waals surface area (Å²) in [4.78, 5) is 11.2. The Balaban J connectivity index is 1.60. The molecule has 0 spiro atoms. The van der Waals surface area contributed by atoms with Crippen LogP contribution in [0.2, 0.25) is 0 Å². The van der Waals surface area contributed by atoms with Crippen molar-refractivity contribution in [3.05, 3.63) is 42.6 Å². The van der Waals surface area contributed by atoms with E-state index < -0.39 is 0 Å². The molecule has 0 bridgehead atoms. The third-order valence-corrected chi connectivity index (χ3v) is 5.58. The first-order chi connectivity index (χ1) is 11.7. The lowest BCUT2D eigenvalue weighted by molar-refractivity contribution is 0.403. The van der Waals surface area contributed by atoms with Gasteiger partial charge in [-0.3, -0.25) is 0 Å². The van der Waals surface area contributed by atoms with Crippen LogP contribution in [0.15, 0.2) is 41.8 Å². The zero-order valence-corrected chi connectivity index (χ0v) is 14.2. The molecule has 124 valence electrons. The van der Waals surface area contributed by atoms with Crippen LogP contribution < -0.4 is 0 Å². The lowest BCUT2D eigenvalue weighted by Crippen LogP contribution is -2.14. The topological polar surface area (TPSA) is 46.8 Å². The highest BCUT2D eigenvalue weighted by molar-refractivity contribution is 7.99. The minimum atomic E-state index is -0.261. The van der Waals surface area contributed by atoms with E-state index in [4.69, 9.17) is 0 Å². The smallest absolute Gasteiger partial charge is 0.167 e. The largest absolute Gasteiger partial charge is 0.306 e. The number of likely N-dealkylation sites (tertiary alicyclic amines) is 1. The van der Waals surface area contributed by atoms with Crippen molar-refractivity contribution in [1.82, 2.24) is 24.6 Å². The first kappa shape index (κ1) is 15.5. The summed E-state index contributed by atoms with van der Waals surface area (Å²) >= 11 is 1.77. The van der Waals surface area contributed by atoms with Crippen LogP contribution in [0.5, 0.6) is 0 Å². The van der Waals surface area contributed by atoms with Gasteiger partial charge in [-0.25, -0.2) is 19.0 Å². The van der Waals surface area contributed by atoms with E-state index in [2.05, 4.69) is 27.0 Å². The Morgan fingerprint density at radius 2 is 2.08 bits per heavy atom. The van der Waals surface area contributed by atoms with Gasteiger partial charge in [-0.05, 0) is 50.2 Å². The summed E-state index contributed by atoms with van der Waals surface area (Å²) in [6.45, 7) is 2.32. The fourth-order valence-electron chi connectivity index (χ4n) is 3.07. The molecule has 1 aliphatic heterocycles. The van der Waals surface area contributed by atoms with Gasteiger partial charge in [0.05, 0.1) is 17.3 Å². The fourth-order valence-corrected chi connectivity index (χ4v) is 4.15. The first-order valence-corrected chi connectivity index (χ1v) is 8.95. The summed E-state index contributed by atoms with van der Waals surface area (Å²) in [6, 6.07) is 6.25. The third-order valence-electron chi connectivity index (χ3n) is 4.35. The number of nitrogens with zero attached hydrogens (tertiary/aromatic N) is 5. The van der Waals surface area contributed by atoms with Gasteiger partial charge in [0.15, 0.2) is 5.65 Å². The summed E-state index contributed by atoms with van der Waals surface area (Å²) < 4.78 is 14.8. The van der Waals surface area contributed by atoms with E-state index >= 15 is 0 Å². The molecule has 1 aromatic carbocycles. The van der Waals surface area contributed by atoms with E-state index in [0.29, 0.717) is 5.92 Å². The summed E-state index contributed by atoms with van der Waals surface area (Å²) in [5.74, 6) is 1.50. The highest BCUT2D eigenvalue weighted by Crippen LogP contribution is 2.29. The number of hydrogen-bond donors (Lipinski definition) is 0. The number of hydrogen-bond acceptors (Lipinski definition) is 5. The van der Waals surface area contributed by atoms with Gasteiger partial charge >= 0.3 is 0 Å². The number of benzene rings is 1. The molecule has 24 heavy (non-hydrogen) atoms. The molecule has 1 fully saturated rings. The van der Waals surface area contributed by atoms with Crippen LogP contribution in [-0.4, -0.2) is 50.5 Å². The molecule has 0 amide bonds. The molecule has 3 heterocycles. The number of halogens is 1. The number of aromatic nitrogens is 4. The molecule has 1 aliphatic rings. The van der Waals surface area contributed by atoms with Crippen LogP contribution in [0.4, 0.5) is 4.39 Å². The molecule has 0 radical (unpaired) electrons. The van der Waals surface area contributed by atoms with Gasteiger partial charge in [-0.15, -0.1) is 11.8 Å². The van der Waals surface area contributed by atoms with E-state index in [1.54, 1.807) is 41.1 Å². The molecule has 7 heteroatoms. The van der Waals surface area contributed by atoms with E-state index in [9.17, 15) is 4.39 Å². The van der Waals surface area contributed by atoms with E-state index in [1.807, 2.05) is 0 Å². The minimum absolute atomic E-state index is 0.261. The fraction of sp³-hybridized carbons (Fsp3) is 0.353. The van der Waals surface area contributed by atoms with E-state index in [1.165, 1.54) is 25.1 Å². The van der Waals surface area contributed by atoms with Crippen LogP contribution >= 0.6 is 11.8 Å². The van der Waals surface area contributed by atoms with Gasteiger partial charge in [-0.2, -0.15) is 5.10 Å². The Morgan fingerprint density at radius 3 is 2.83 bits per heavy atom. The predicted molar refractivity (Wildman–Crippen MR) is 92.9 cm³/mol. The monoisotopic (exact) mass is 343 g/mol. The first-order valence-electron chi connectivity index (χ1n) is 7.97. The summed E-state index contributed by atoms with van der Waals surface area (Å²) in [5, 5.41) is 6.32. The van der Waals surface area contributed by atoms with Gasteiger partial charge in [0, 0.05) is 12.3 Å². The molecule has 2 aromatic heterocycles. The second-order valence-electron chi connectivity index (χ2n) is 6.18. The van der Waals surface area contributed by atoms with Crippen LogP contribution in [0.25, 0.3) is 16.7 Å². The van der Waals surface area contributed by atoms with Crippen molar-refractivity contribution < 1.29 is 4.39 Å². The van der Waals surface area contributed by atoms with Crippen LogP contribution in [0.3, 0.4) is 0 Å². The van der Waals surface area contributed by atoms with Crippen molar-refractivity contribution in [3.63, 3.8) is 0 Å². The van der Waals surface area contributed by atoms with Crippen molar-refractivity contribution in [3.8, 4) is 5.69 Å². The average Bonchev–Trinajstić information content (AvgIpc) is 3.20. The van der Waals surface area contributed by atoms with Gasteiger partial charge < -0.3 is 4.90 Å². The Morgan fingerprint density at radius 1 is 1.25 bits per heavy atom. The van der Waals surface area contributed by atoms with Crippen LogP contribution in [-0.2, 0) is 0 Å². The number of fused-ring (bicyclic) bond motifs is 1. The summed E-state index contributed by atoms with van der Waals surface area (Å²) in [7, 11) is 2.17. The molecular weight excluding hydrogens is 325 g/mol. The Hall–Kier alpha value is -1.99. The predicted octanol–water partition coefficient (Wildman–Crippen LogP) is 3.00. The third kappa shape index (κ3) is 3.01. The SMILES string of the molecule is CN1CCC(CSc2ncnc3c2cnn3-c2ccc(F)cc2)C1. The van der Waals surface area contributed by atoms with Gasteiger partial charge in [0.25, 0.3) is 0 Å². The molecular formula is C17H18FN5S. The van der Waals surface area contributed by atoms with Crippen LogP contribution in [0, 0.1) is 11.7 Å². The lowest BCUT2D eigenvalue weighted by Gasteiger charge is -2.09. The summed E-state index contributed by atoms with van der Waals surface area (Å²) in [6.07, 6.45) is 4.61. The second kappa shape index (κ2) is 6.49. The number of rotatable bonds is 4. The van der Waals surface area contributed by atoms with Crippen LogP contribution in [0.1, 0.15) is 6.42 Å². The zero-order chi connectivity index (χ0) is 16.5. The molecule has 3 aromatic rings. The maximum Gasteiger partial charge on any atom is 0.167 e. The summed E-state index contributed by atoms with van der Waals surface area (Å²) in [5.41, 5.74) is 1.54. The highest BCUT2D eigenvalue weighted by Gasteiger charge is 2.20. The highest BCUT2D eigenvalue weighted by atomic mass is 32.2. The molecule has 0 saturated carbocycles. The van der Waals surface area contributed by atoms with Crippen molar-refractivity contribution in [1.29, 1.82) is 0 Å². The van der Waals surface area contributed by atoms with Crippen molar-refractivity contribution in [2.75, 3.05) is 25.9 Å². The number of thioether (sulfide) groups is 1. The Bertz CT molecular complexity index is 848. The average molecular weight is 343 g/mol. The van der Waals surface area contributed by atoms with Crippen molar-refractivity contribution >= 4 is 22.8 Å². The van der Waals surface area contributed by atoms with E-state index in [0.717, 1.165) is 34.0 Å². The molecule has 1 unspecified atom stereocenters. The molecule has 4 rings (SSSR count). The maximum absolute atomic E-state index is 13.1. The van der Waals surface area contributed by atoms with Gasteiger partial charge in [0.2, 0.25) is 0 Å².